The van der Waals surface area contributed by atoms with Crippen molar-refractivity contribution in [1.29, 1.82) is 0 Å². The van der Waals surface area contributed by atoms with Crippen molar-refractivity contribution in [3.05, 3.63) is 46.5 Å². The third kappa shape index (κ3) is 4.33. The van der Waals surface area contributed by atoms with Gasteiger partial charge in [0, 0.05) is 5.56 Å². The van der Waals surface area contributed by atoms with Crippen LogP contribution >= 0.6 is 23.2 Å². The third-order valence-corrected chi connectivity index (χ3v) is 1.82. The van der Waals surface area contributed by atoms with Crippen LogP contribution in [0.4, 0.5) is 4.79 Å². The van der Waals surface area contributed by atoms with Crippen molar-refractivity contribution < 1.29 is 4.79 Å². The summed E-state index contributed by atoms with van der Waals surface area (Å²) in [5, 5.41) is 3.78. The summed E-state index contributed by atoms with van der Waals surface area (Å²) in [7, 11) is 0. The molecule has 3 N–H and O–H groups in total. The highest BCUT2D eigenvalue weighted by atomic mass is 35.5. The van der Waals surface area contributed by atoms with Crippen molar-refractivity contribution in [2.24, 2.45) is 10.8 Å². The Hall–Kier alpha value is -1.52. The van der Waals surface area contributed by atoms with Crippen LogP contribution in [0, 0.1) is 0 Å². The lowest BCUT2D eigenvalue weighted by Crippen LogP contribution is -2.25. The second-order valence-electron chi connectivity index (χ2n) is 2.77. The van der Waals surface area contributed by atoms with Crippen molar-refractivity contribution >= 4 is 34.9 Å². The number of urea groups is 1. The molecule has 4 nitrogen and oxygen atoms in total. The van der Waals surface area contributed by atoms with Gasteiger partial charge in [0.1, 0.15) is 4.49 Å². The number of hydrogen-bond donors (Lipinski definition) is 2. The molecule has 0 aliphatic heterocycles. The normalized spacial score (nSPS) is 10.8. The van der Waals surface area contributed by atoms with Crippen LogP contribution < -0.4 is 11.2 Å². The number of amides is 2. The molecule has 0 fully saturated rings. The van der Waals surface area contributed by atoms with Crippen molar-refractivity contribution in [2.45, 2.75) is 0 Å². The van der Waals surface area contributed by atoms with Gasteiger partial charge >= 0.3 is 6.03 Å². The zero-order valence-electron chi connectivity index (χ0n) is 8.15. The Morgan fingerprint density at radius 3 is 2.44 bits per heavy atom. The standard InChI is InChI=1S/C10H9Cl2N3O/c11-9(12)6-8(14-15-10(13)16)7-4-2-1-3-5-7/h1-6H,(H3,13,15,16)/b14-8+. The van der Waals surface area contributed by atoms with Gasteiger partial charge in [-0.3, -0.25) is 0 Å². The summed E-state index contributed by atoms with van der Waals surface area (Å²) < 4.78 is 0.0360. The Balaban J connectivity index is 3.02. The number of carbonyl (C=O) groups is 1. The fourth-order valence-corrected chi connectivity index (χ4v) is 1.21. The van der Waals surface area contributed by atoms with E-state index in [0.717, 1.165) is 5.56 Å². The monoisotopic (exact) mass is 257 g/mol. The van der Waals surface area contributed by atoms with Crippen LogP contribution in [0.1, 0.15) is 5.56 Å². The van der Waals surface area contributed by atoms with E-state index in [4.69, 9.17) is 28.9 Å². The van der Waals surface area contributed by atoms with Crippen molar-refractivity contribution in [2.75, 3.05) is 0 Å². The molecule has 0 radical (unpaired) electrons. The van der Waals surface area contributed by atoms with Crippen LogP contribution in [0.5, 0.6) is 0 Å². The molecule has 0 unspecified atom stereocenters. The molecular weight excluding hydrogens is 249 g/mol. The largest absolute Gasteiger partial charge is 0.350 e. The molecule has 2 amide bonds. The average molecular weight is 258 g/mol. The zero-order chi connectivity index (χ0) is 12.0. The second kappa shape index (κ2) is 6.15. The number of allylic oxidation sites excluding steroid dienone is 1. The Morgan fingerprint density at radius 1 is 1.31 bits per heavy atom. The number of primary amides is 1. The van der Waals surface area contributed by atoms with Gasteiger partial charge in [-0.2, -0.15) is 5.10 Å². The second-order valence-corrected chi connectivity index (χ2v) is 3.78. The van der Waals surface area contributed by atoms with Crippen molar-refractivity contribution in [1.82, 2.24) is 5.43 Å². The molecule has 16 heavy (non-hydrogen) atoms. The first-order valence-corrected chi connectivity index (χ1v) is 5.06. The van der Waals surface area contributed by atoms with Gasteiger partial charge in [0.05, 0.1) is 5.71 Å². The highest BCUT2D eigenvalue weighted by Gasteiger charge is 2.01. The smallest absolute Gasteiger partial charge is 0.332 e. The highest BCUT2D eigenvalue weighted by molar-refractivity contribution is 6.57. The van der Waals surface area contributed by atoms with Gasteiger partial charge in [-0.1, -0.05) is 53.5 Å². The molecule has 0 saturated carbocycles. The Morgan fingerprint density at radius 2 is 1.94 bits per heavy atom. The van der Waals surface area contributed by atoms with Crippen molar-refractivity contribution in [3.63, 3.8) is 0 Å². The molecule has 6 heteroatoms. The first-order valence-electron chi connectivity index (χ1n) is 4.31. The molecule has 0 bridgehead atoms. The molecule has 0 aliphatic carbocycles. The number of nitrogens with zero attached hydrogens (tertiary/aromatic N) is 1. The van der Waals surface area contributed by atoms with E-state index in [2.05, 4.69) is 10.5 Å². The number of hydrogen-bond acceptors (Lipinski definition) is 2. The van der Waals surface area contributed by atoms with E-state index in [9.17, 15) is 4.79 Å². The molecule has 0 spiro atoms. The summed E-state index contributed by atoms with van der Waals surface area (Å²) in [6, 6.07) is 8.35. The van der Waals surface area contributed by atoms with E-state index >= 15 is 0 Å². The summed E-state index contributed by atoms with van der Waals surface area (Å²) in [5.74, 6) is 0. The number of hydrazone groups is 1. The quantitative estimate of drug-likeness (QED) is 0.634. The molecule has 0 atom stereocenters. The summed E-state index contributed by atoms with van der Waals surface area (Å²) in [5.41, 5.74) is 8.20. The van der Waals surface area contributed by atoms with E-state index in [1.807, 2.05) is 18.2 Å². The minimum Gasteiger partial charge on any atom is -0.350 e. The zero-order valence-corrected chi connectivity index (χ0v) is 9.66. The van der Waals surface area contributed by atoms with E-state index in [-0.39, 0.29) is 4.49 Å². The molecule has 0 aromatic heterocycles. The van der Waals surface area contributed by atoms with Gasteiger partial charge in [0.25, 0.3) is 0 Å². The highest BCUT2D eigenvalue weighted by Crippen LogP contribution is 2.10. The van der Waals surface area contributed by atoms with E-state index in [1.54, 1.807) is 12.1 Å². The van der Waals surface area contributed by atoms with Crippen LogP contribution in [0.2, 0.25) is 0 Å². The molecule has 0 aliphatic rings. The van der Waals surface area contributed by atoms with E-state index in [0.29, 0.717) is 5.71 Å². The van der Waals surface area contributed by atoms with Crippen LogP contribution in [-0.2, 0) is 0 Å². The Labute approximate surface area is 103 Å². The van der Waals surface area contributed by atoms with Crippen LogP contribution in [0.3, 0.4) is 0 Å². The van der Waals surface area contributed by atoms with Gasteiger partial charge in [0.15, 0.2) is 0 Å². The number of carbonyl (C=O) groups excluding carboxylic acids is 1. The van der Waals surface area contributed by atoms with Crippen LogP contribution in [-0.4, -0.2) is 11.7 Å². The average Bonchev–Trinajstić information content (AvgIpc) is 2.25. The molecular formula is C10H9Cl2N3O. The minimum absolute atomic E-state index is 0.0360. The summed E-state index contributed by atoms with van der Waals surface area (Å²) in [4.78, 5) is 10.5. The maximum atomic E-state index is 10.5. The lowest BCUT2D eigenvalue weighted by Gasteiger charge is -2.01. The molecule has 1 rings (SSSR count). The number of nitrogens with one attached hydrogen (secondary N) is 1. The molecule has 1 aromatic rings. The Bertz CT molecular complexity index is 425. The van der Waals surface area contributed by atoms with Crippen molar-refractivity contribution in [3.8, 4) is 0 Å². The summed E-state index contributed by atoms with van der Waals surface area (Å²) >= 11 is 11.1. The maximum absolute atomic E-state index is 10.5. The minimum atomic E-state index is -0.757. The third-order valence-electron chi connectivity index (χ3n) is 1.60. The van der Waals surface area contributed by atoms with Gasteiger partial charge < -0.3 is 5.73 Å². The maximum Gasteiger partial charge on any atom is 0.332 e. The first-order chi connectivity index (χ1) is 7.59. The lowest BCUT2D eigenvalue weighted by molar-refractivity contribution is 0.249. The summed E-state index contributed by atoms with van der Waals surface area (Å²) in [6.45, 7) is 0. The number of rotatable bonds is 3. The number of benzene rings is 1. The first kappa shape index (κ1) is 12.5. The van der Waals surface area contributed by atoms with Gasteiger partial charge in [0.2, 0.25) is 0 Å². The molecule has 0 heterocycles. The van der Waals surface area contributed by atoms with Gasteiger partial charge in [-0.05, 0) is 6.08 Å². The number of halogens is 2. The predicted octanol–water partition coefficient (Wildman–Crippen LogP) is 2.38. The van der Waals surface area contributed by atoms with Crippen LogP contribution in [0.15, 0.2) is 46.0 Å². The molecule has 0 saturated heterocycles. The molecule has 84 valence electrons. The van der Waals surface area contributed by atoms with Crippen LogP contribution in [0.25, 0.3) is 0 Å². The molecule has 1 aromatic carbocycles. The fraction of sp³-hybridized carbons (Fsp3) is 0. The van der Waals surface area contributed by atoms with E-state index < -0.39 is 6.03 Å². The Kier molecular flexibility index (Phi) is 4.82. The SMILES string of the molecule is NC(=O)N/N=C(\C=C(Cl)Cl)c1ccccc1. The van der Waals surface area contributed by atoms with Gasteiger partial charge in [-0.25, -0.2) is 10.2 Å². The summed E-state index contributed by atoms with van der Waals surface area (Å²) in [6.07, 6.45) is 1.41. The fourth-order valence-electron chi connectivity index (χ4n) is 1.01. The predicted molar refractivity (Wildman–Crippen MR) is 65.5 cm³/mol. The number of nitrogens with two attached hydrogens (primary N) is 1. The van der Waals surface area contributed by atoms with Gasteiger partial charge in [-0.15, -0.1) is 0 Å². The van der Waals surface area contributed by atoms with E-state index in [1.165, 1.54) is 6.08 Å². The lowest BCUT2D eigenvalue weighted by atomic mass is 10.1. The topological polar surface area (TPSA) is 67.5 Å².